The van der Waals surface area contributed by atoms with Gasteiger partial charge in [0.2, 0.25) is 5.91 Å². The molecule has 1 atom stereocenters. The third-order valence-electron chi connectivity index (χ3n) is 3.91. The van der Waals surface area contributed by atoms with Gasteiger partial charge in [-0.25, -0.2) is 0 Å². The van der Waals surface area contributed by atoms with Crippen LogP contribution in [0.15, 0.2) is 34.8 Å². The zero-order chi connectivity index (χ0) is 14.7. The number of nitrogens with zero attached hydrogens (tertiary/aromatic N) is 4. The minimum atomic E-state index is 0.174. The quantitative estimate of drug-likeness (QED) is 0.472. The molecule has 1 amide bonds. The monoisotopic (exact) mass is 300 g/mol. The molecule has 2 aromatic rings. The first-order chi connectivity index (χ1) is 10.3. The molecule has 0 spiro atoms. The van der Waals surface area contributed by atoms with Crippen LogP contribution in [0.4, 0.5) is 0 Å². The van der Waals surface area contributed by atoms with Crippen LogP contribution in [-0.2, 0) is 11.2 Å². The van der Waals surface area contributed by atoms with Crippen LogP contribution in [-0.4, -0.2) is 30.4 Å². The fourth-order valence-corrected chi connectivity index (χ4v) is 3.82. The van der Waals surface area contributed by atoms with Crippen molar-refractivity contribution >= 4 is 27.3 Å². The van der Waals surface area contributed by atoms with E-state index in [0.717, 1.165) is 13.0 Å². The largest absolute Gasteiger partial charge is 0.342 e. The maximum atomic E-state index is 12.0. The normalized spacial score (nSPS) is 18.2. The maximum Gasteiger partial charge on any atom is 0.222 e. The molecule has 1 aliphatic rings. The fourth-order valence-electron chi connectivity index (χ4n) is 2.83. The Bertz CT molecular complexity index is 705. The van der Waals surface area contributed by atoms with Gasteiger partial charge >= 0.3 is 0 Å². The highest BCUT2D eigenvalue weighted by atomic mass is 32.1. The molecule has 108 valence electrons. The van der Waals surface area contributed by atoms with E-state index in [9.17, 15) is 4.79 Å². The SMILES string of the molecule is [N-]=[N+]=NCC1CC(=O)N(CCc2csc3ccccc23)C1. The Hall–Kier alpha value is -2.04. The summed E-state index contributed by atoms with van der Waals surface area (Å²) in [5.74, 6) is 0.347. The molecule has 2 heterocycles. The number of amides is 1. The summed E-state index contributed by atoms with van der Waals surface area (Å²) in [6.45, 7) is 1.87. The molecule has 0 aliphatic carbocycles. The third kappa shape index (κ3) is 3.01. The van der Waals surface area contributed by atoms with E-state index in [1.54, 1.807) is 11.3 Å². The van der Waals surface area contributed by atoms with Crippen molar-refractivity contribution in [2.45, 2.75) is 12.8 Å². The van der Waals surface area contributed by atoms with Crippen LogP contribution >= 0.6 is 11.3 Å². The van der Waals surface area contributed by atoms with Gasteiger partial charge in [-0.1, -0.05) is 23.3 Å². The van der Waals surface area contributed by atoms with Gasteiger partial charge in [0.15, 0.2) is 0 Å². The highest BCUT2D eigenvalue weighted by Gasteiger charge is 2.28. The second kappa shape index (κ2) is 6.16. The summed E-state index contributed by atoms with van der Waals surface area (Å²) in [6.07, 6.45) is 1.38. The zero-order valence-electron chi connectivity index (χ0n) is 11.6. The van der Waals surface area contributed by atoms with Gasteiger partial charge in [-0.05, 0) is 40.3 Å². The second-order valence-corrected chi connectivity index (χ2v) is 6.24. The molecule has 1 aliphatic heterocycles. The molecular weight excluding hydrogens is 284 g/mol. The lowest BCUT2D eigenvalue weighted by molar-refractivity contribution is -0.127. The molecule has 1 saturated heterocycles. The van der Waals surface area contributed by atoms with Gasteiger partial charge in [-0.2, -0.15) is 0 Å². The van der Waals surface area contributed by atoms with Crippen LogP contribution in [0.1, 0.15) is 12.0 Å². The lowest BCUT2D eigenvalue weighted by Crippen LogP contribution is -2.27. The number of hydrogen-bond donors (Lipinski definition) is 0. The van der Waals surface area contributed by atoms with Crippen LogP contribution in [0.3, 0.4) is 0 Å². The summed E-state index contributed by atoms with van der Waals surface area (Å²) >= 11 is 1.75. The molecule has 1 aromatic heterocycles. The van der Waals surface area contributed by atoms with Crippen molar-refractivity contribution in [3.8, 4) is 0 Å². The molecular formula is C15H16N4OS. The molecule has 6 heteroatoms. The van der Waals surface area contributed by atoms with Crippen molar-refractivity contribution in [2.24, 2.45) is 11.0 Å². The Morgan fingerprint density at radius 1 is 1.43 bits per heavy atom. The Kier molecular flexibility index (Phi) is 4.08. The molecule has 1 aromatic carbocycles. The number of carbonyl (C=O) groups is 1. The smallest absolute Gasteiger partial charge is 0.222 e. The summed E-state index contributed by atoms with van der Waals surface area (Å²) < 4.78 is 1.29. The molecule has 1 fully saturated rings. The van der Waals surface area contributed by atoms with Crippen molar-refractivity contribution in [1.29, 1.82) is 0 Å². The van der Waals surface area contributed by atoms with Crippen molar-refractivity contribution in [3.63, 3.8) is 0 Å². The number of thiophene rings is 1. The van der Waals surface area contributed by atoms with Crippen LogP contribution in [0, 0.1) is 5.92 Å². The van der Waals surface area contributed by atoms with Gasteiger partial charge < -0.3 is 4.90 Å². The number of likely N-dealkylation sites (tertiary alicyclic amines) is 1. The van der Waals surface area contributed by atoms with Gasteiger partial charge in [0.25, 0.3) is 0 Å². The Balaban J connectivity index is 1.62. The van der Waals surface area contributed by atoms with Crippen molar-refractivity contribution in [1.82, 2.24) is 4.90 Å². The average molecular weight is 300 g/mol. The number of carbonyl (C=O) groups excluding carboxylic acids is 1. The number of azide groups is 1. The first-order valence-electron chi connectivity index (χ1n) is 7.01. The number of rotatable bonds is 5. The van der Waals surface area contributed by atoms with E-state index in [4.69, 9.17) is 5.53 Å². The van der Waals surface area contributed by atoms with E-state index in [2.05, 4.69) is 33.6 Å². The third-order valence-corrected chi connectivity index (χ3v) is 4.92. The highest BCUT2D eigenvalue weighted by molar-refractivity contribution is 7.17. The molecule has 0 N–H and O–H groups in total. The lowest BCUT2D eigenvalue weighted by Gasteiger charge is -2.16. The van der Waals surface area contributed by atoms with Gasteiger partial charge in [0.1, 0.15) is 0 Å². The first kappa shape index (κ1) is 13.9. The zero-order valence-corrected chi connectivity index (χ0v) is 12.4. The van der Waals surface area contributed by atoms with E-state index in [-0.39, 0.29) is 11.8 Å². The number of fused-ring (bicyclic) bond motifs is 1. The predicted molar refractivity (Wildman–Crippen MR) is 84.2 cm³/mol. The van der Waals surface area contributed by atoms with E-state index >= 15 is 0 Å². The highest BCUT2D eigenvalue weighted by Crippen LogP contribution is 2.27. The van der Waals surface area contributed by atoms with Crippen molar-refractivity contribution in [2.75, 3.05) is 19.6 Å². The predicted octanol–water partition coefficient (Wildman–Crippen LogP) is 3.60. The second-order valence-electron chi connectivity index (χ2n) is 5.33. The van der Waals surface area contributed by atoms with Crippen LogP contribution < -0.4 is 0 Å². The lowest BCUT2D eigenvalue weighted by atomic mass is 10.1. The Labute approximate surface area is 126 Å². The minimum Gasteiger partial charge on any atom is -0.342 e. The standard InChI is InChI=1S/C15H16N4OS/c16-18-17-8-11-7-15(20)19(9-11)6-5-12-10-21-14-4-2-1-3-13(12)14/h1-4,10-11H,5-9H2. The molecule has 0 radical (unpaired) electrons. The molecule has 5 nitrogen and oxygen atoms in total. The molecule has 21 heavy (non-hydrogen) atoms. The summed E-state index contributed by atoms with van der Waals surface area (Å²) in [7, 11) is 0. The molecule has 3 rings (SSSR count). The average Bonchev–Trinajstić information content (AvgIpc) is 3.06. The number of hydrogen-bond acceptors (Lipinski definition) is 3. The van der Waals surface area contributed by atoms with Crippen LogP contribution in [0.2, 0.25) is 0 Å². The maximum absolute atomic E-state index is 12.0. The van der Waals surface area contributed by atoms with Crippen LogP contribution in [0.25, 0.3) is 20.5 Å². The van der Waals surface area contributed by atoms with E-state index in [1.165, 1.54) is 15.6 Å². The Morgan fingerprint density at radius 2 is 2.29 bits per heavy atom. The van der Waals surface area contributed by atoms with E-state index in [1.807, 2.05) is 11.0 Å². The topological polar surface area (TPSA) is 69.1 Å². The molecule has 0 saturated carbocycles. The minimum absolute atomic E-state index is 0.174. The summed E-state index contributed by atoms with van der Waals surface area (Å²) in [6, 6.07) is 8.36. The van der Waals surface area contributed by atoms with Gasteiger partial charge in [0, 0.05) is 35.7 Å². The summed E-state index contributed by atoms with van der Waals surface area (Å²) in [5, 5.41) is 7.05. The first-order valence-corrected chi connectivity index (χ1v) is 7.89. The van der Waals surface area contributed by atoms with E-state index < -0.39 is 0 Å². The Morgan fingerprint density at radius 3 is 3.14 bits per heavy atom. The summed E-state index contributed by atoms with van der Waals surface area (Å²) in [4.78, 5) is 16.6. The number of benzene rings is 1. The van der Waals surface area contributed by atoms with Gasteiger partial charge in [-0.15, -0.1) is 11.3 Å². The fraction of sp³-hybridized carbons (Fsp3) is 0.400. The van der Waals surface area contributed by atoms with Crippen LogP contribution in [0.5, 0.6) is 0 Å². The summed E-state index contributed by atoms with van der Waals surface area (Å²) in [5.41, 5.74) is 9.66. The van der Waals surface area contributed by atoms with Gasteiger partial charge in [-0.3, -0.25) is 4.79 Å². The van der Waals surface area contributed by atoms with Crippen molar-refractivity contribution in [3.05, 3.63) is 45.7 Å². The van der Waals surface area contributed by atoms with Gasteiger partial charge in [0.05, 0.1) is 0 Å². The molecule has 0 bridgehead atoms. The molecule has 1 unspecified atom stereocenters. The van der Waals surface area contributed by atoms with E-state index in [0.29, 0.717) is 19.5 Å². The van der Waals surface area contributed by atoms with Crippen molar-refractivity contribution < 1.29 is 4.79 Å².